The van der Waals surface area contributed by atoms with Crippen molar-refractivity contribution in [3.05, 3.63) is 59.2 Å². The third-order valence-electron chi connectivity index (χ3n) is 3.93. The number of nitrogens with zero attached hydrogens (tertiary/aromatic N) is 2. The van der Waals surface area contributed by atoms with Gasteiger partial charge in [0.25, 0.3) is 0 Å². The second-order valence-electron chi connectivity index (χ2n) is 5.64. The lowest BCUT2D eigenvalue weighted by molar-refractivity contribution is -0.207. The molecule has 1 atom stereocenters. The molecule has 0 bridgehead atoms. The van der Waals surface area contributed by atoms with Crippen LogP contribution in [0.15, 0.2) is 36.5 Å². The summed E-state index contributed by atoms with van der Waals surface area (Å²) in [4.78, 5) is 16.0. The number of aliphatic hydroxyl groups excluding tert-OH is 1. The van der Waals surface area contributed by atoms with E-state index in [1.807, 2.05) is 0 Å². The summed E-state index contributed by atoms with van der Waals surface area (Å²) >= 11 is 0. The van der Waals surface area contributed by atoms with Gasteiger partial charge in [0.2, 0.25) is 5.95 Å². The molecule has 10 heteroatoms. The summed E-state index contributed by atoms with van der Waals surface area (Å²) in [6.07, 6.45) is -7.32. The van der Waals surface area contributed by atoms with Gasteiger partial charge in [-0.25, -0.2) is 4.98 Å². The van der Waals surface area contributed by atoms with Crippen LogP contribution < -0.4 is 4.90 Å². The Morgan fingerprint density at radius 3 is 2.46 bits per heavy atom. The normalized spacial score (nSPS) is 17.3. The van der Waals surface area contributed by atoms with Crippen LogP contribution in [0, 0.1) is 5.95 Å². The van der Waals surface area contributed by atoms with Crippen LogP contribution in [0.4, 0.5) is 32.0 Å². The van der Waals surface area contributed by atoms with Crippen molar-refractivity contribution in [3.8, 4) is 0 Å². The van der Waals surface area contributed by atoms with Crippen LogP contribution in [-0.4, -0.2) is 22.2 Å². The Morgan fingerprint density at radius 1 is 1.19 bits per heavy atom. The second-order valence-corrected chi connectivity index (χ2v) is 5.64. The van der Waals surface area contributed by atoms with Gasteiger partial charge in [-0.2, -0.15) is 26.3 Å². The highest BCUT2D eigenvalue weighted by Gasteiger charge is 2.56. The Hall–Kier alpha value is -2.62. The highest BCUT2D eigenvalue weighted by molar-refractivity contribution is 6.06. The van der Waals surface area contributed by atoms with Gasteiger partial charge >= 0.3 is 18.0 Å². The minimum atomic E-state index is -5.18. The van der Waals surface area contributed by atoms with E-state index in [0.717, 1.165) is 24.4 Å². The second kappa shape index (κ2) is 5.97. The molecule has 1 aliphatic heterocycles. The monoisotopic (exact) mass is 376 g/mol. The van der Waals surface area contributed by atoms with E-state index in [-0.39, 0.29) is 5.56 Å². The van der Waals surface area contributed by atoms with Crippen molar-refractivity contribution >= 4 is 11.6 Å². The van der Waals surface area contributed by atoms with Crippen molar-refractivity contribution < 1.29 is 36.2 Å². The number of hydrogen-bond donors (Lipinski definition) is 1. The van der Waals surface area contributed by atoms with E-state index >= 15 is 0 Å². The maximum atomic E-state index is 14.4. The van der Waals surface area contributed by atoms with E-state index in [2.05, 4.69) is 4.98 Å². The van der Waals surface area contributed by atoms with E-state index in [0.29, 0.717) is 11.0 Å². The van der Waals surface area contributed by atoms with Crippen LogP contribution in [-0.2, 0) is 17.3 Å². The van der Waals surface area contributed by atoms with Gasteiger partial charge < -0.3 is 10.0 Å². The van der Waals surface area contributed by atoms with Gasteiger partial charge in [-0.05, 0) is 17.7 Å². The topological polar surface area (TPSA) is 53.4 Å². The first-order valence-electron chi connectivity index (χ1n) is 7.22. The van der Waals surface area contributed by atoms with Crippen LogP contribution >= 0.6 is 0 Å². The molecule has 4 nitrogen and oxygen atoms in total. The number of alkyl halides is 5. The summed E-state index contributed by atoms with van der Waals surface area (Å²) < 4.78 is 80.1. The molecule has 1 aliphatic rings. The van der Waals surface area contributed by atoms with Gasteiger partial charge in [-0.1, -0.05) is 18.2 Å². The molecule has 0 unspecified atom stereocenters. The molecule has 3 rings (SSSR count). The van der Waals surface area contributed by atoms with Crippen molar-refractivity contribution in [1.29, 1.82) is 0 Å². The Balaban J connectivity index is 2.08. The van der Waals surface area contributed by atoms with Gasteiger partial charge in [-0.3, -0.25) is 4.79 Å². The van der Waals surface area contributed by atoms with Crippen LogP contribution in [0.25, 0.3) is 0 Å². The lowest BCUT2D eigenvalue weighted by Crippen LogP contribution is -2.34. The summed E-state index contributed by atoms with van der Waals surface area (Å²) in [5.74, 6) is -6.80. The Bertz CT molecular complexity index is 851. The van der Waals surface area contributed by atoms with Crippen LogP contribution in [0.5, 0.6) is 0 Å². The number of carbonyl (C=O) groups excluding carboxylic acids is 1. The van der Waals surface area contributed by atoms with Crippen molar-refractivity contribution in [1.82, 2.24) is 4.98 Å². The zero-order valence-corrected chi connectivity index (χ0v) is 12.8. The predicted octanol–water partition coefficient (Wildman–Crippen LogP) is 3.46. The average Bonchev–Trinajstić information content (AvgIpc) is 2.76. The fraction of sp³-hybridized carbons (Fsp3) is 0.250. The number of carbonyl (C=O) groups is 1. The Morgan fingerprint density at radius 2 is 1.88 bits per heavy atom. The molecule has 138 valence electrons. The van der Waals surface area contributed by atoms with Crippen molar-refractivity contribution in [2.24, 2.45) is 0 Å². The molecular formula is C16H10F6N2O2. The van der Waals surface area contributed by atoms with Gasteiger partial charge in [0.05, 0.1) is 17.8 Å². The van der Waals surface area contributed by atoms with Crippen molar-refractivity contribution in [3.63, 3.8) is 0 Å². The number of halogens is 6. The lowest BCUT2D eigenvalue weighted by Gasteiger charge is -2.19. The van der Waals surface area contributed by atoms with Crippen LogP contribution in [0.1, 0.15) is 22.8 Å². The third kappa shape index (κ3) is 2.90. The summed E-state index contributed by atoms with van der Waals surface area (Å²) in [6.45, 7) is -0.444. The van der Waals surface area contributed by atoms with Crippen LogP contribution in [0.3, 0.4) is 0 Å². The Kier molecular flexibility index (Phi) is 4.18. The largest absolute Gasteiger partial charge is 0.418 e. The molecular weight excluding hydrogens is 366 g/mol. The zero-order chi connectivity index (χ0) is 19.3. The van der Waals surface area contributed by atoms with Crippen molar-refractivity contribution in [2.75, 3.05) is 4.90 Å². The summed E-state index contributed by atoms with van der Waals surface area (Å²) in [6, 6.07) is 4.95. The molecule has 0 fully saturated rings. The van der Waals surface area contributed by atoms with E-state index in [1.165, 1.54) is 6.07 Å². The number of hydrogen-bond acceptors (Lipinski definition) is 3. The van der Waals surface area contributed by atoms with E-state index in [1.54, 1.807) is 0 Å². The molecule has 2 heterocycles. The molecule has 2 aromatic rings. The zero-order valence-electron chi connectivity index (χ0n) is 12.8. The molecule has 0 saturated carbocycles. The van der Waals surface area contributed by atoms with Gasteiger partial charge in [0.1, 0.15) is 0 Å². The molecule has 1 N–H and O–H groups in total. The fourth-order valence-electron chi connectivity index (χ4n) is 2.75. The van der Waals surface area contributed by atoms with E-state index < -0.39 is 53.4 Å². The third-order valence-corrected chi connectivity index (χ3v) is 3.93. The smallest absolute Gasteiger partial charge is 0.379 e. The predicted molar refractivity (Wildman–Crippen MR) is 76.7 cm³/mol. The number of aromatic nitrogens is 1. The highest BCUT2D eigenvalue weighted by atomic mass is 19.4. The van der Waals surface area contributed by atoms with Crippen LogP contribution in [0.2, 0.25) is 0 Å². The van der Waals surface area contributed by atoms with E-state index in [4.69, 9.17) is 0 Å². The summed E-state index contributed by atoms with van der Waals surface area (Å²) in [5.41, 5.74) is -2.53. The number of pyridine rings is 1. The molecule has 0 spiro atoms. The summed E-state index contributed by atoms with van der Waals surface area (Å²) in [5, 5.41) is 9.41. The average molecular weight is 376 g/mol. The van der Waals surface area contributed by atoms with E-state index in [9.17, 15) is 36.2 Å². The maximum absolute atomic E-state index is 14.4. The molecule has 1 aromatic carbocycles. The van der Waals surface area contributed by atoms with Gasteiger partial charge in [-0.15, -0.1) is 0 Å². The van der Waals surface area contributed by atoms with Gasteiger partial charge in [0, 0.05) is 11.8 Å². The first-order chi connectivity index (χ1) is 12.0. The summed E-state index contributed by atoms with van der Waals surface area (Å²) in [7, 11) is 0. The molecule has 1 aromatic heterocycles. The molecule has 0 saturated heterocycles. The molecule has 1 amide bonds. The molecule has 26 heavy (non-hydrogen) atoms. The minimum Gasteiger partial charge on any atom is -0.379 e. The minimum absolute atomic E-state index is 0.199. The standard InChI is InChI=1S/C16H10F6N2O2/c17-11-5-4-8(6-23-11)7-24-10-3-1-2-9(13(25)16(20,21)22)12(10)15(18,19)14(24)26/h1-6,13,25H,7H2/t13-/m1/s1. The number of aliphatic hydroxyl groups is 1. The number of rotatable bonds is 3. The SMILES string of the molecule is O=C1N(Cc2ccc(F)nc2)c2cccc([C@@H](O)C(F)(F)F)c2C1(F)F. The first-order valence-corrected chi connectivity index (χ1v) is 7.22. The number of fused-ring (bicyclic) bond motifs is 1. The first kappa shape index (κ1) is 18.2. The molecule has 0 radical (unpaired) electrons. The number of benzene rings is 1. The Labute approximate surface area is 142 Å². The maximum Gasteiger partial charge on any atom is 0.418 e. The highest BCUT2D eigenvalue weighted by Crippen LogP contribution is 2.49. The van der Waals surface area contributed by atoms with Gasteiger partial charge in [0.15, 0.2) is 6.10 Å². The number of anilines is 1. The molecule has 0 aliphatic carbocycles. The van der Waals surface area contributed by atoms with Crippen molar-refractivity contribution in [2.45, 2.75) is 24.7 Å². The fourth-order valence-corrected chi connectivity index (χ4v) is 2.75. The quantitative estimate of drug-likeness (QED) is 0.660. The number of amides is 1. The lowest BCUT2D eigenvalue weighted by atomic mass is 9.97.